The van der Waals surface area contributed by atoms with E-state index in [4.69, 9.17) is 0 Å². The summed E-state index contributed by atoms with van der Waals surface area (Å²) in [6, 6.07) is -0.629. The molecule has 1 atom stereocenters. The summed E-state index contributed by atoms with van der Waals surface area (Å²) in [5.41, 5.74) is 0.774. The van der Waals surface area contributed by atoms with Crippen LogP contribution in [0.4, 0.5) is 0 Å². The van der Waals surface area contributed by atoms with Crippen molar-refractivity contribution in [1.82, 2.24) is 10.3 Å². The molecule has 0 bridgehead atoms. The maximum Gasteiger partial charge on any atom is 0.310 e. The molecule has 1 amide bonds. The molecule has 1 N–H and O–H groups in total. The number of nitrogens with zero attached hydrogens (tertiary/aromatic N) is 3. The largest absolute Gasteiger partial charge is 0.469 e. The fourth-order valence-electron chi connectivity index (χ4n) is 1.20. The maximum atomic E-state index is 11.4. The van der Waals surface area contributed by atoms with Crippen LogP contribution in [0.1, 0.15) is 20.3 Å². The number of hydrogen-bond acceptors (Lipinski definition) is 4. The normalized spacial score (nSPS) is 18.8. The van der Waals surface area contributed by atoms with Gasteiger partial charge in [-0.15, -0.1) is 5.01 Å². The molecule has 1 aliphatic rings. The van der Waals surface area contributed by atoms with Gasteiger partial charge in [0.05, 0.1) is 13.5 Å². The number of esters is 1. The second-order valence-electron chi connectivity index (χ2n) is 3.57. The monoisotopic (exact) mass is 227 g/mol. The van der Waals surface area contributed by atoms with Gasteiger partial charge in [-0.25, -0.2) is 0 Å². The Kier molecular flexibility index (Phi) is 4.02. The smallest absolute Gasteiger partial charge is 0.310 e. The molecule has 1 heterocycles. The number of ether oxygens (including phenoxy) is 1. The first-order valence-electron chi connectivity index (χ1n) is 4.87. The van der Waals surface area contributed by atoms with E-state index in [0.29, 0.717) is 0 Å². The molecule has 1 saturated heterocycles. The highest BCUT2D eigenvalue weighted by Gasteiger charge is 2.40. The lowest BCUT2D eigenvalue weighted by atomic mass is 10.2. The number of carbonyl (C=O) groups excluding carboxylic acids is 2. The van der Waals surface area contributed by atoms with Gasteiger partial charge in [0.25, 0.3) is 5.91 Å². The van der Waals surface area contributed by atoms with Gasteiger partial charge in [0, 0.05) is 13.8 Å². The highest BCUT2D eigenvalue weighted by Crippen LogP contribution is 2.10. The third kappa shape index (κ3) is 3.06. The zero-order valence-corrected chi connectivity index (χ0v) is 9.56. The molecule has 88 valence electrons. The molecule has 7 heteroatoms. The number of nitrogens with one attached hydrogen (secondary N) is 1. The fourth-order valence-corrected chi connectivity index (χ4v) is 1.20. The molecule has 1 aliphatic heterocycles. The van der Waals surface area contributed by atoms with Crippen LogP contribution in [0.3, 0.4) is 0 Å². The summed E-state index contributed by atoms with van der Waals surface area (Å²) >= 11 is 0. The van der Waals surface area contributed by atoms with Crippen LogP contribution in [0.15, 0.2) is 5.22 Å². The molecule has 0 aromatic heterocycles. The van der Waals surface area contributed by atoms with Crippen molar-refractivity contribution in [2.24, 2.45) is 5.22 Å². The number of methoxy groups -OCH3 is 1. The van der Waals surface area contributed by atoms with Gasteiger partial charge in [0.2, 0.25) is 11.8 Å². The lowest BCUT2D eigenvalue weighted by Gasteiger charge is -2.06. The minimum atomic E-state index is -0.629. The summed E-state index contributed by atoms with van der Waals surface area (Å²) in [6.45, 7) is 3.85. The predicted molar refractivity (Wildman–Crippen MR) is 54.3 cm³/mol. The minimum absolute atomic E-state index is 0.0237. The van der Waals surface area contributed by atoms with Crippen molar-refractivity contribution in [3.8, 4) is 0 Å². The van der Waals surface area contributed by atoms with Crippen LogP contribution in [-0.2, 0) is 14.3 Å². The number of carbonyl (C=O) groups is 2. The van der Waals surface area contributed by atoms with Crippen LogP contribution in [0.25, 0.3) is 0 Å². The van der Waals surface area contributed by atoms with E-state index >= 15 is 0 Å². The van der Waals surface area contributed by atoms with Crippen LogP contribution in [0.5, 0.6) is 0 Å². The lowest BCUT2D eigenvalue weighted by Crippen LogP contribution is -2.32. The van der Waals surface area contributed by atoms with Crippen LogP contribution >= 0.6 is 0 Å². The quantitative estimate of drug-likeness (QED) is 0.301. The Morgan fingerprint density at radius 2 is 2.38 bits per heavy atom. The topological polar surface area (TPSA) is 85.1 Å². The SMILES string of the molecule is COC(=O)CC1C(=O)NCN1N=[N+]=C(C)C. The molecule has 0 spiro atoms. The van der Waals surface area contributed by atoms with E-state index in [9.17, 15) is 9.59 Å². The van der Waals surface area contributed by atoms with E-state index in [1.54, 1.807) is 13.8 Å². The summed E-state index contributed by atoms with van der Waals surface area (Å²) in [4.78, 5) is 26.4. The predicted octanol–water partition coefficient (Wildman–Crippen LogP) is -0.636. The first kappa shape index (κ1) is 12.2. The van der Waals surface area contributed by atoms with Crippen LogP contribution in [0, 0.1) is 0 Å². The Bertz CT molecular complexity index is 356. The van der Waals surface area contributed by atoms with Gasteiger partial charge in [-0.3, -0.25) is 9.59 Å². The van der Waals surface area contributed by atoms with E-state index in [-0.39, 0.29) is 19.0 Å². The first-order chi connectivity index (χ1) is 7.54. The van der Waals surface area contributed by atoms with Gasteiger partial charge in [0.1, 0.15) is 0 Å². The van der Waals surface area contributed by atoms with Gasteiger partial charge in [-0.1, -0.05) is 4.79 Å². The van der Waals surface area contributed by atoms with Crippen molar-refractivity contribution in [2.45, 2.75) is 26.3 Å². The third-order valence-corrected chi connectivity index (χ3v) is 2.02. The Hall–Kier alpha value is -1.88. The average Bonchev–Trinajstić information content (AvgIpc) is 2.57. The second kappa shape index (κ2) is 5.27. The average molecular weight is 227 g/mol. The molecule has 0 aromatic rings. The Morgan fingerprint density at radius 3 is 2.94 bits per heavy atom. The highest BCUT2D eigenvalue weighted by atomic mass is 16.5. The Labute approximate surface area is 93.2 Å². The van der Waals surface area contributed by atoms with E-state index in [1.807, 2.05) is 0 Å². The van der Waals surface area contributed by atoms with E-state index in [2.05, 4.69) is 20.1 Å². The lowest BCUT2D eigenvalue weighted by molar-refractivity contribution is -0.156. The number of hydrogen-bond donors (Lipinski definition) is 1. The molecule has 0 radical (unpaired) electrons. The summed E-state index contributed by atoms with van der Waals surface area (Å²) in [5, 5.41) is 7.90. The van der Waals surface area contributed by atoms with Crippen molar-refractivity contribution in [3.63, 3.8) is 0 Å². The molecule has 1 unspecified atom stereocenters. The van der Waals surface area contributed by atoms with Gasteiger partial charge in [-0.2, -0.15) is 0 Å². The fraction of sp³-hybridized carbons (Fsp3) is 0.667. The zero-order valence-electron chi connectivity index (χ0n) is 9.56. The molecule has 0 aliphatic carbocycles. The van der Waals surface area contributed by atoms with Crippen LogP contribution in [-0.4, -0.2) is 47.2 Å². The maximum absolute atomic E-state index is 11.4. The van der Waals surface area contributed by atoms with Crippen LogP contribution < -0.4 is 5.32 Å². The van der Waals surface area contributed by atoms with Gasteiger partial charge in [-0.05, 0) is 0 Å². The second-order valence-corrected chi connectivity index (χ2v) is 3.57. The molecular formula is C9H15N4O3+. The molecule has 0 saturated carbocycles. The molecule has 7 nitrogen and oxygen atoms in total. The molecular weight excluding hydrogens is 212 g/mol. The molecule has 0 aromatic carbocycles. The Balaban J connectivity index is 2.74. The van der Waals surface area contributed by atoms with Crippen molar-refractivity contribution < 1.29 is 19.1 Å². The van der Waals surface area contributed by atoms with E-state index < -0.39 is 12.0 Å². The summed E-state index contributed by atoms with van der Waals surface area (Å²) in [5.74, 6) is -0.683. The standard InChI is InChI=1S/C9H14N4O3/c1-6(2)11-12-13-5-10-9(15)7(13)4-8(14)16-3/h7H,4-5H2,1-3H3/p+1. The van der Waals surface area contributed by atoms with Gasteiger partial charge < -0.3 is 10.1 Å². The van der Waals surface area contributed by atoms with E-state index in [0.717, 1.165) is 5.71 Å². The summed E-state index contributed by atoms with van der Waals surface area (Å²) in [7, 11) is 1.28. The first-order valence-corrected chi connectivity index (χ1v) is 4.87. The summed E-state index contributed by atoms with van der Waals surface area (Å²) in [6.07, 6.45) is -0.0237. The number of amides is 1. The molecule has 1 rings (SSSR count). The van der Waals surface area contributed by atoms with Crippen molar-refractivity contribution >= 4 is 17.6 Å². The molecule has 16 heavy (non-hydrogen) atoms. The zero-order chi connectivity index (χ0) is 12.1. The van der Waals surface area contributed by atoms with E-state index in [1.165, 1.54) is 12.1 Å². The third-order valence-electron chi connectivity index (χ3n) is 2.02. The summed E-state index contributed by atoms with van der Waals surface area (Å²) < 4.78 is 4.51. The molecule has 1 fully saturated rings. The van der Waals surface area contributed by atoms with Crippen molar-refractivity contribution in [3.05, 3.63) is 0 Å². The Morgan fingerprint density at radius 1 is 1.69 bits per heavy atom. The highest BCUT2D eigenvalue weighted by molar-refractivity contribution is 5.87. The van der Waals surface area contributed by atoms with Crippen molar-refractivity contribution in [2.75, 3.05) is 13.8 Å². The number of rotatable bonds is 3. The van der Waals surface area contributed by atoms with Gasteiger partial charge in [0.15, 0.2) is 11.9 Å². The minimum Gasteiger partial charge on any atom is -0.469 e. The van der Waals surface area contributed by atoms with Gasteiger partial charge >= 0.3 is 5.97 Å². The van der Waals surface area contributed by atoms with Crippen molar-refractivity contribution in [1.29, 1.82) is 0 Å². The van der Waals surface area contributed by atoms with Crippen LogP contribution in [0.2, 0.25) is 0 Å².